The Bertz CT molecular complexity index is 2090. The number of benzene rings is 5. The summed E-state index contributed by atoms with van der Waals surface area (Å²) in [6.45, 7) is 3.05. The number of carbonyl (C=O) groups excluding carboxylic acids is 3. The molecule has 10 nitrogen and oxygen atoms in total. The van der Waals surface area contributed by atoms with Gasteiger partial charge in [0.2, 0.25) is 5.91 Å². The second-order valence-corrected chi connectivity index (χ2v) is 14.5. The first-order valence-electron chi connectivity index (χ1n) is 19.0. The van der Waals surface area contributed by atoms with E-state index in [0.717, 1.165) is 38.9 Å². The summed E-state index contributed by atoms with van der Waals surface area (Å²) in [5.74, 6) is -0.817. The number of likely N-dealkylation sites (tertiary alicyclic amines) is 1. The average Bonchev–Trinajstić information content (AvgIpc) is 3.50. The van der Waals surface area contributed by atoms with Gasteiger partial charge in [0.05, 0.1) is 31.8 Å². The zero-order valence-electron chi connectivity index (χ0n) is 31.6. The van der Waals surface area contributed by atoms with Crippen LogP contribution in [0.25, 0.3) is 11.1 Å². The standard InChI is InChI=1S/C46H47N3O7/c1-31(35-13-7-4-8-14-35)48(2)28-40-25-42(37-18-16-32(29-50)17-19-37)56-45(55-40)38-22-20-36(21-23-38)39-15-9-12-34(24-39)27-49-43(51)26-41(44(49)52)47-46(53)54-30-33-10-5-3-6-11-33/h3-24,31,40-42,45,50H,25-30H2,1-2H3,(H,47,53)/t31-,40+,41?,42-,45-/m0/s1. The Balaban J connectivity index is 1.01. The van der Waals surface area contributed by atoms with Crippen molar-refractivity contribution >= 4 is 17.9 Å². The molecule has 2 aliphatic rings. The van der Waals surface area contributed by atoms with Gasteiger partial charge < -0.3 is 24.6 Å². The van der Waals surface area contributed by atoms with Crippen LogP contribution < -0.4 is 5.32 Å². The largest absolute Gasteiger partial charge is 0.445 e. The Hall–Kier alpha value is -5.65. The molecule has 0 spiro atoms. The third kappa shape index (κ3) is 9.41. The molecule has 2 aliphatic heterocycles. The first kappa shape index (κ1) is 38.6. The van der Waals surface area contributed by atoms with E-state index in [1.165, 1.54) is 10.5 Å². The van der Waals surface area contributed by atoms with Crippen LogP contribution in [0, 0.1) is 0 Å². The Kier molecular flexibility index (Phi) is 12.3. The molecule has 0 saturated carbocycles. The topological polar surface area (TPSA) is 118 Å². The first-order chi connectivity index (χ1) is 27.2. The predicted molar refractivity (Wildman–Crippen MR) is 212 cm³/mol. The van der Waals surface area contributed by atoms with Gasteiger partial charge >= 0.3 is 6.09 Å². The zero-order valence-corrected chi connectivity index (χ0v) is 31.6. The molecule has 0 aliphatic carbocycles. The molecule has 56 heavy (non-hydrogen) atoms. The molecular formula is C46H47N3O7. The summed E-state index contributed by atoms with van der Waals surface area (Å²) in [5, 5.41) is 12.1. The van der Waals surface area contributed by atoms with E-state index in [9.17, 15) is 19.5 Å². The Morgan fingerprint density at radius 1 is 0.821 bits per heavy atom. The lowest BCUT2D eigenvalue weighted by molar-refractivity contribution is -0.253. The molecule has 2 heterocycles. The Morgan fingerprint density at radius 2 is 1.50 bits per heavy atom. The van der Waals surface area contributed by atoms with E-state index in [1.807, 2.05) is 109 Å². The molecule has 0 bridgehead atoms. The summed E-state index contributed by atoms with van der Waals surface area (Å²) >= 11 is 0. The van der Waals surface area contributed by atoms with Crippen LogP contribution in [-0.4, -0.2) is 58.6 Å². The number of hydrogen-bond acceptors (Lipinski definition) is 8. The van der Waals surface area contributed by atoms with Gasteiger partial charge in [0.15, 0.2) is 6.29 Å². The van der Waals surface area contributed by atoms with Gasteiger partial charge in [-0.05, 0) is 59.0 Å². The fourth-order valence-corrected chi connectivity index (χ4v) is 7.23. The molecule has 5 atom stereocenters. The van der Waals surface area contributed by atoms with Crippen molar-refractivity contribution in [2.24, 2.45) is 0 Å². The molecule has 5 aromatic carbocycles. The van der Waals surface area contributed by atoms with Crippen molar-refractivity contribution in [3.05, 3.63) is 167 Å². The quantitative estimate of drug-likeness (QED) is 0.118. The van der Waals surface area contributed by atoms with E-state index < -0.39 is 24.3 Å². The highest BCUT2D eigenvalue weighted by Crippen LogP contribution is 2.39. The number of amides is 3. The minimum Gasteiger partial charge on any atom is -0.445 e. The van der Waals surface area contributed by atoms with Gasteiger partial charge in [0.1, 0.15) is 12.6 Å². The number of carbonyl (C=O) groups is 3. The summed E-state index contributed by atoms with van der Waals surface area (Å²) < 4.78 is 18.5. The van der Waals surface area contributed by atoms with Gasteiger partial charge in [-0.25, -0.2) is 4.79 Å². The number of aliphatic hydroxyl groups excluding tert-OH is 1. The maximum absolute atomic E-state index is 13.2. The van der Waals surface area contributed by atoms with Gasteiger partial charge in [-0.15, -0.1) is 0 Å². The second kappa shape index (κ2) is 17.9. The summed E-state index contributed by atoms with van der Waals surface area (Å²) in [6.07, 6.45) is -1.08. The monoisotopic (exact) mass is 753 g/mol. The smallest absolute Gasteiger partial charge is 0.408 e. The highest BCUT2D eigenvalue weighted by Gasteiger charge is 2.40. The van der Waals surface area contributed by atoms with Crippen LogP contribution in [0.4, 0.5) is 4.79 Å². The lowest BCUT2D eigenvalue weighted by Crippen LogP contribution is -2.41. The van der Waals surface area contributed by atoms with Crippen molar-refractivity contribution in [3.63, 3.8) is 0 Å². The van der Waals surface area contributed by atoms with E-state index >= 15 is 0 Å². The number of aliphatic hydroxyl groups is 1. The summed E-state index contributed by atoms with van der Waals surface area (Å²) in [6, 6.07) is 42.6. The number of nitrogens with zero attached hydrogens (tertiary/aromatic N) is 2. The van der Waals surface area contributed by atoms with Crippen LogP contribution >= 0.6 is 0 Å². The minimum absolute atomic E-state index is 0.0159. The van der Waals surface area contributed by atoms with Crippen molar-refractivity contribution in [2.45, 2.75) is 70.1 Å². The summed E-state index contributed by atoms with van der Waals surface area (Å²) in [4.78, 5) is 42.0. The molecule has 1 unspecified atom stereocenters. The maximum atomic E-state index is 13.2. The molecule has 10 heteroatoms. The Labute approximate surface area is 327 Å². The van der Waals surface area contributed by atoms with Crippen LogP contribution in [0.15, 0.2) is 133 Å². The van der Waals surface area contributed by atoms with Gasteiger partial charge in [-0.2, -0.15) is 0 Å². The summed E-state index contributed by atoms with van der Waals surface area (Å²) in [5.41, 5.74) is 7.50. The summed E-state index contributed by atoms with van der Waals surface area (Å²) in [7, 11) is 2.12. The first-order valence-corrected chi connectivity index (χ1v) is 19.0. The molecule has 2 N–H and O–H groups in total. The van der Waals surface area contributed by atoms with Gasteiger partial charge in [0, 0.05) is 24.6 Å². The number of ether oxygens (including phenoxy) is 3. The van der Waals surface area contributed by atoms with Crippen LogP contribution in [0.1, 0.15) is 71.6 Å². The van der Waals surface area contributed by atoms with Crippen LogP contribution in [0.2, 0.25) is 0 Å². The maximum Gasteiger partial charge on any atom is 0.408 e. The van der Waals surface area contributed by atoms with Gasteiger partial charge in [-0.1, -0.05) is 127 Å². The highest BCUT2D eigenvalue weighted by molar-refractivity contribution is 6.06. The molecular weight excluding hydrogens is 707 g/mol. The Morgan fingerprint density at radius 3 is 2.21 bits per heavy atom. The SMILES string of the molecule is C[C@@H](c1ccccc1)N(C)C[C@H]1C[C@@H](c2ccc(CO)cc2)O[C@@H](c2ccc(-c3cccc(CN4C(=O)CC(NC(=O)OCc5ccccc5)C4=O)c3)cc2)O1. The number of imide groups is 1. The molecule has 5 aromatic rings. The van der Waals surface area contributed by atoms with Crippen molar-refractivity contribution in [2.75, 3.05) is 13.6 Å². The van der Waals surface area contributed by atoms with E-state index in [4.69, 9.17) is 14.2 Å². The van der Waals surface area contributed by atoms with Gasteiger partial charge in [-0.3, -0.25) is 19.4 Å². The molecule has 0 aromatic heterocycles. The normalized spacial score (nSPS) is 20.2. The minimum atomic E-state index is -0.975. The van der Waals surface area contributed by atoms with Crippen LogP contribution in [0.5, 0.6) is 0 Å². The van der Waals surface area contributed by atoms with Gasteiger partial charge in [0.25, 0.3) is 5.91 Å². The molecule has 0 radical (unpaired) electrons. The van der Waals surface area contributed by atoms with Crippen LogP contribution in [0.3, 0.4) is 0 Å². The number of likely N-dealkylation sites (N-methyl/N-ethyl adjacent to an activating group) is 1. The van der Waals surface area contributed by atoms with E-state index in [-0.39, 0.29) is 50.3 Å². The van der Waals surface area contributed by atoms with Crippen molar-refractivity contribution in [1.82, 2.24) is 15.1 Å². The van der Waals surface area contributed by atoms with Crippen LogP contribution in [-0.2, 0) is 43.6 Å². The molecule has 288 valence electrons. The number of rotatable bonds is 13. The fourth-order valence-electron chi connectivity index (χ4n) is 7.23. The van der Waals surface area contributed by atoms with Crippen molar-refractivity contribution < 1.29 is 33.7 Å². The lowest BCUT2D eigenvalue weighted by atomic mass is 9.98. The number of alkyl carbamates (subject to hydrolysis) is 1. The number of hydrogen-bond donors (Lipinski definition) is 2. The highest BCUT2D eigenvalue weighted by atomic mass is 16.7. The third-order valence-electron chi connectivity index (χ3n) is 10.6. The lowest BCUT2D eigenvalue weighted by Gasteiger charge is -2.39. The van der Waals surface area contributed by atoms with Crippen molar-refractivity contribution in [3.8, 4) is 11.1 Å². The van der Waals surface area contributed by atoms with E-state index in [2.05, 4.69) is 48.5 Å². The zero-order chi connectivity index (χ0) is 39.0. The molecule has 2 fully saturated rings. The van der Waals surface area contributed by atoms with E-state index in [1.54, 1.807) is 0 Å². The number of nitrogens with one attached hydrogen (secondary N) is 1. The molecule has 3 amide bonds. The third-order valence-corrected chi connectivity index (χ3v) is 10.6. The fraction of sp³-hybridized carbons (Fsp3) is 0.283. The molecule has 2 saturated heterocycles. The predicted octanol–water partition coefficient (Wildman–Crippen LogP) is 7.64. The van der Waals surface area contributed by atoms with E-state index in [0.29, 0.717) is 13.0 Å². The van der Waals surface area contributed by atoms with Crippen molar-refractivity contribution in [1.29, 1.82) is 0 Å². The second-order valence-electron chi connectivity index (χ2n) is 14.5. The molecule has 7 rings (SSSR count). The average molecular weight is 754 g/mol.